The minimum absolute atomic E-state index is 0.00359. The Balaban J connectivity index is 1.88. The Bertz CT molecular complexity index is 1110. The molecule has 8 heteroatoms. The number of hydrogen-bond acceptors (Lipinski definition) is 6. The van der Waals surface area contributed by atoms with Crippen LogP contribution in [0.4, 0.5) is 5.69 Å². The van der Waals surface area contributed by atoms with E-state index in [0.717, 1.165) is 0 Å². The zero-order valence-electron chi connectivity index (χ0n) is 17.0. The summed E-state index contributed by atoms with van der Waals surface area (Å²) in [4.78, 5) is 29.7. The van der Waals surface area contributed by atoms with Crippen molar-refractivity contribution in [2.24, 2.45) is 0 Å². The predicted molar refractivity (Wildman–Crippen MR) is 116 cm³/mol. The molecule has 3 N–H and O–H groups in total. The summed E-state index contributed by atoms with van der Waals surface area (Å²) in [5.74, 6) is -0.209. The van der Waals surface area contributed by atoms with Gasteiger partial charge in [-0.2, -0.15) is 0 Å². The summed E-state index contributed by atoms with van der Waals surface area (Å²) in [6.45, 7) is 0. The van der Waals surface area contributed by atoms with Gasteiger partial charge in [-0.05, 0) is 48.0 Å². The van der Waals surface area contributed by atoms with E-state index in [-0.39, 0.29) is 17.0 Å². The van der Waals surface area contributed by atoms with Crippen molar-refractivity contribution in [2.75, 3.05) is 19.5 Å². The summed E-state index contributed by atoms with van der Waals surface area (Å²) < 4.78 is 10.4. The molecule has 0 aliphatic heterocycles. The lowest BCUT2D eigenvalue weighted by Gasteiger charge is -2.13. The number of pyridine rings is 1. The van der Waals surface area contributed by atoms with Gasteiger partial charge in [0.25, 0.3) is 11.8 Å². The third-order valence-corrected chi connectivity index (χ3v) is 4.24. The van der Waals surface area contributed by atoms with Gasteiger partial charge >= 0.3 is 0 Å². The highest BCUT2D eigenvalue weighted by Crippen LogP contribution is 2.27. The quantitative estimate of drug-likeness (QED) is 0.508. The van der Waals surface area contributed by atoms with Crippen LogP contribution in [0.3, 0.4) is 0 Å². The monoisotopic (exact) mass is 419 g/mol. The van der Waals surface area contributed by atoms with Gasteiger partial charge in [0.15, 0.2) is 11.5 Å². The first-order chi connectivity index (χ1) is 15.0. The summed E-state index contributed by atoms with van der Waals surface area (Å²) in [6.07, 6.45) is 4.67. The van der Waals surface area contributed by atoms with Crippen LogP contribution in [-0.2, 0) is 4.79 Å². The number of amides is 2. The summed E-state index contributed by atoms with van der Waals surface area (Å²) >= 11 is 0. The fourth-order valence-electron chi connectivity index (χ4n) is 2.74. The smallest absolute Gasteiger partial charge is 0.272 e. The molecule has 0 bridgehead atoms. The predicted octanol–water partition coefficient (Wildman–Crippen LogP) is 3.21. The first-order valence-corrected chi connectivity index (χ1v) is 9.25. The second-order valence-electron chi connectivity index (χ2n) is 6.37. The van der Waals surface area contributed by atoms with Gasteiger partial charge in [0.2, 0.25) is 0 Å². The summed E-state index contributed by atoms with van der Waals surface area (Å²) in [6, 6.07) is 14.2. The van der Waals surface area contributed by atoms with Gasteiger partial charge in [0, 0.05) is 29.7 Å². The Labute approximate surface area is 179 Å². The molecule has 2 amide bonds. The van der Waals surface area contributed by atoms with Crippen LogP contribution < -0.4 is 20.1 Å². The van der Waals surface area contributed by atoms with Crippen molar-refractivity contribution < 1.29 is 24.2 Å². The average Bonchev–Trinajstić information content (AvgIpc) is 2.78. The lowest BCUT2D eigenvalue weighted by Crippen LogP contribution is -2.30. The van der Waals surface area contributed by atoms with Crippen molar-refractivity contribution in [1.82, 2.24) is 10.3 Å². The van der Waals surface area contributed by atoms with Crippen LogP contribution in [0.5, 0.6) is 17.2 Å². The molecule has 2 aromatic carbocycles. The highest BCUT2D eigenvalue weighted by Gasteiger charge is 2.17. The largest absolute Gasteiger partial charge is 0.508 e. The fourth-order valence-corrected chi connectivity index (χ4v) is 2.74. The number of ether oxygens (including phenoxy) is 2. The highest BCUT2D eigenvalue weighted by molar-refractivity contribution is 6.10. The first-order valence-electron chi connectivity index (χ1n) is 9.25. The third-order valence-electron chi connectivity index (χ3n) is 4.24. The van der Waals surface area contributed by atoms with Crippen LogP contribution in [-0.4, -0.2) is 36.1 Å². The van der Waals surface area contributed by atoms with Crippen LogP contribution in [0.15, 0.2) is 72.7 Å². The number of carbonyl (C=O) groups is 2. The van der Waals surface area contributed by atoms with E-state index in [1.165, 1.54) is 38.5 Å². The van der Waals surface area contributed by atoms with Crippen molar-refractivity contribution in [3.8, 4) is 17.2 Å². The van der Waals surface area contributed by atoms with E-state index in [2.05, 4.69) is 15.6 Å². The Hall–Kier alpha value is -4.33. The van der Waals surface area contributed by atoms with Gasteiger partial charge in [0.1, 0.15) is 11.4 Å². The molecule has 0 fully saturated rings. The lowest BCUT2D eigenvalue weighted by atomic mass is 10.1. The number of rotatable bonds is 7. The zero-order valence-corrected chi connectivity index (χ0v) is 17.0. The molecular weight excluding hydrogens is 398 g/mol. The summed E-state index contributed by atoms with van der Waals surface area (Å²) in [5.41, 5.74) is 1.27. The van der Waals surface area contributed by atoms with Crippen LogP contribution in [0.1, 0.15) is 15.9 Å². The van der Waals surface area contributed by atoms with E-state index in [0.29, 0.717) is 22.7 Å². The molecule has 3 aromatic rings. The Morgan fingerprint density at radius 1 is 1.00 bits per heavy atom. The molecule has 0 saturated heterocycles. The first kappa shape index (κ1) is 21.4. The molecule has 0 spiro atoms. The fraction of sp³-hybridized carbons (Fsp3) is 0.0870. The van der Waals surface area contributed by atoms with Gasteiger partial charge in [0.05, 0.1) is 14.2 Å². The number of phenols is 1. The van der Waals surface area contributed by atoms with Crippen LogP contribution >= 0.6 is 0 Å². The number of aromatic nitrogens is 1. The van der Waals surface area contributed by atoms with E-state index >= 15 is 0 Å². The Morgan fingerprint density at radius 3 is 2.48 bits per heavy atom. The minimum atomic E-state index is -0.566. The molecule has 0 atom stereocenters. The molecule has 0 unspecified atom stereocenters. The molecule has 0 saturated carbocycles. The van der Waals surface area contributed by atoms with Crippen molar-refractivity contribution in [3.05, 3.63) is 83.8 Å². The van der Waals surface area contributed by atoms with E-state index in [1.54, 1.807) is 48.8 Å². The second kappa shape index (κ2) is 9.93. The summed E-state index contributed by atoms with van der Waals surface area (Å²) in [5, 5.41) is 14.9. The molecule has 158 valence electrons. The normalized spacial score (nSPS) is 10.8. The average molecular weight is 419 g/mol. The van der Waals surface area contributed by atoms with Crippen LogP contribution in [0.2, 0.25) is 0 Å². The van der Waals surface area contributed by atoms with Crippen molar-refractivity contribution in [2.45, 2.75) is 0 Å². The molecule has 0 aliphatic carbocycles. The number of aromatic hydroxyl groups is 1. The topological polar surface area (TPSA) is 110 Å². The molecule has 1 heterocycles. The number of carbonyl (C=O) groups excluding carboxylic acids is 2. The van der Waals surface area contributed by atoms with Gasteiger partial charge in [-0.3, -0.25) is 14.6 Å². The maximum Gasteiger partial charge on any atom is 0.272 e. The maximum atomic E-state index is 12.9. The number of methoxy groups -OCH3 is 2. The standard InChI is InChI=1S/C23H21N3O5/c1-30-20-9-8-16(12-21(20)31-2)22(28)26-19(11-15-5-4-10-24-14-15)23(29)25-17-6-3-7-18(27)13-17/h3-14,27H,1-2H3,(H,25,29)(H,26,28)/b19-11+. The molecule has 0 radical (unpaired) electrons. The molecule has 0 aliphatic rings. The molecule has 3 rings (SSSR count). The van der Waals surface area contributed by atoms with Gasteiger partial charge in [-0.1, -0.05) is 12.1 Å². The number of nitrogens with zero attached hydrogens (tertiary/aromatic N) is 1. The molecule has 31 heavy (non-hydrogen) atoms. The van der Waals surface area contributed by atoms with Crippen LogP contribution in [0.25, 0.3) is 6.08 Å². The third kappa shape index (κ3) is 5.60. The van der Waals surface area contributed by atoms with Gasteiger partial charge in [-0.25, -0.2) is 0 Å². The number of anilines is 1. The Morgan fingerprint density at radius 2 is 1.81 bits per heavy atom. The lowest BCUT2D eigenvalue weighted by molar-refractivity contribution is -0.113. The van der Waals surface area contributed by atoms with Gasteiger partial charge < -0.3 is 25.2 Å². The van der Waals surface area contributed by atoms with Crippen LogP contribution in [0, 0.1) is 0 Å². The van der Waals surface area contributed by atoms with Crippen molar-refractivity contribution in [3.63, 3.8) is 0 Å². The maximum absolute atomic E-state index is 12.9. The SMILES string of the molecule is COc1ccc(C(=O)N/C(=C/c2cccnc2)C(=O)Nc2cccc(O)c2)cc1OC. The molecule has 1 aromatic heterocycles. The van der Waals surface area contributed by atoms with E-state index in [9.17, 15) is 14.7 Å². The molecular formula is C23H21N3O5. The van der Waals surface area contributed by atoms with E-state index < -0.39 is 11.8 Å². The Kier molecular flexibility index (Phi) is 6.85. The number of nitrogens with one attached hydrogen (secondary N) is 2. The van der Waals surface area contributed by atoms with E-state index in [1.807, 2.05) is 0 Å². The number of hydrogen-bond donors (Lipinski definition) is 3. The van der Waals surface area contributed by atoms with Crippen molar-refractivity contribution in [1.29, 1.82) is 0 Å². The van der Waals surface area contributed by atoms with Gasteiger partial charge in [-0.15, -0.1) is 0 Å². The number of benzene rings is 2. The minimum Gasteiger partial charge on any atom is -0.508 e. The van der Waals surface area contributed by atoms with E-state index in [4.69, 9.17) is 9.47 Å². The second-order valence-corrected chi connectivity index (χ2v) is 6.37. The zero-order chi connectivity index (χ0) is 22.2. The highest BCUT2D eigenvalue weighted by atomic mass is 16.5. The molecule has 8 nitrogen and oxygen atoms in total. The van der Waals surface area contributed by atoms with Crippen molar-refractivity contribution >= 4 is 23.6 Å². The summed E-state index contributed by atoms with van der Waals surface area (Å²) in [7, 11) is 2.97. The number of phenolic OH excluding ortho intramolecular Hbond substituents is 1.